The maximum absolute atomic E-state index is 11.1. The van der Waals surface area contributed by atoms with Gasteiger partial charge in [0, 0.05) is 32.7 Å². The average molecular weight is 340 g/mol. The molecule has 0 spiro atoms. The van der Waals surface area contributed by atoms with E-state index in [-0.39, 0.29) is 5.91 Å². The van der Waals surface area contributed by atoms with Gasteiger partial charge >= 0.3 is 0 Å². The van der Waals surface area contributed by atoms with Crippen LogP contribution in [0.3, 0.4) is 0 Å². The van der Waals surface area contributed by atoms with Gasteiger partial charge in [0.25, 0.3) is 0 Å². The number of hydrogen-bond donors (Lipinski definition) is 3. The van der Waals surface area contributed by atoms with E-state index in [0.717, 1.165) is 22.6 Å². The quantitative estimate of drug-likeness (QED) is 0.558. The van der Waals surface area contributed by atoms with Crippen molar-refractivity contribution in [1.82, 2.24) is 10.6 Å². The molecule has 0 saturated heterocycles. The summed E-state index contributed by atoms with van der Waals surface area (Å²) in [5, 5.41) is 9.31. The predicted molar refractivity (Wildman–Crippen MR) is 101 cm³/mol. The Labute approximate surface area is 148 Å². The summed E-state index contributed by atoms with van der Waals surface area (Å²) in [7, 11) is 3.39. The van der Waals surface area contributed by atoms with Crippen LogP contribution in [0.15, 0.2) is 53.5 Å². The van der Waals surface area contributed by atoms with Crippen molar-refractivity contribution in [2.75, 3.05) is 19.5 Å². The number of nitrogens with one attached hydrogen (secondary N) is 3. The van der Waals surface area contributed by atoms with Gasteiger partial charge in [-0.2, -0.15) is 0 Å². The van der Waals surface area contributed by atoms with Crippen LogP contribution in [0.1, 0.15) is 18.1 Å². The van der Waals surface area contributed by atoms with Crippen LogP contribution in [-0.2, 0) is 17.9 Å². The Balaban J connectivity index is 1.88. The van der Waals surface area contributed by atoms with E-state index in [1.54, 1.807) is 14.2 Å². The molecule has 132 valence electrons. The van der Waals surface area contributed by atoms with Gasteiger partial charge in [-0.25, -0.2) is 0 Å². The minimum absolute atomic E-state index is 0.0825. The van der Waals surface area contributed by atoms with Crippen LogP contribution in [-0.4, -0.2) is 26.0 Å². The minimum Gasteiger partial charge on any atom is -0.497 e. The number of amides is 1. The first-order chi connectivity index (χ1) is 12.1. The van der Waals surface area contributed by atoms with Crippen molar-refractivity contribution in [2.45, 2.75) is 20.0 Å². The number of ether oxygens (including phenoxy) is 1. The Morgan fingerprint density at radius 2 is 1.68 bits per heavy atom. The smallest absolute Gasteiger partial charge is 0.221 e. The van der Waals surface area contributed by atoms with E-state index < -0.39 is 0 Å². The van der Waals surface area contributed by atoms with Crippen molar-refractivity contribution in [1.29, 1.82) is 0 Å². The number of aliphatic imine (C=N–C) groups is 1. The van der Waals surface area contributed by atoms with Crippen molar-refractivity contribution in [2.24, 2.45) is 4.99 Å². The summed E-state index contributed by atoms with van der Waals surface area (Å²) in [4.78, 5) is 15.4. The molecule has 2 rings (SSSR count). The molecule has 1 amide bonds. The summed E-state index contributed by atoms with van der Waals surface area (Å²) in [6.07, 6.45) is 0. The summed E-state index contributed by atoms with van der Waals surface area (Å²) < 4.78 is 5.23. The zero-order valence-electron chi connectivity index (χ0n) is 14.8. The number of rotatable bonds is 6. The number of hydrogen-bond acceptors (Lipinski definition) is 3. The van der Waals surface area contributed by atoms with Crippen molar-refractivity contribution in [3.8, 4) is 5.75 Å². The maximum atomic E-state index is 11.1. The first-order valence-electron chi connectivity index (χ1n) is 8.04. The van der Waals surface area contributed by atoms with Gasteiger partial charge in [0.05, 0.1) is 7.11 Å². The van der Waals surface area contributed by atoms with Gasteiger partial charge in [-0.05, 0) is 35.4 Å². The maximum Gasteiger partial charge on any atom is 0.221 e. The molecule has 0 aromatic heterocycles. The van der Waals surface area contributed by atoms with Crippen LogP contribution in [0.25, 0.3) is 0 Å². The molecule has 0 unspecified atom stereocenters. The van der Waals surface area contributed by atoms with Crippen LogP contribution in [0.4, 0.5) is 5.69 Å². The Hall–Kier alpha value is -3.02. The number of guanidine groups is 1. The van der Waals surface area contributed by atoms with Crippen LogP contribution in [0.2, 0.25) is 0 Å². The number of methoxy groups -OCH3 is 1. The van der Waals surface area contributed by atoms with Crippen molar-refractivity contribution >= 4 is 17.6 Å². The molecule has 2 aromatic carbocycles. The molecular weight excluding hydrogens is 316 g/mol. The Bertz CT molecular complexity index is 744. The predicted octanol–water partition coefficient (Wildman–Crippen LogP) is 2.52. The monoisotopic (exact) mass is 340 g/mol. The summed E-state index contributed by atoms with van der Waals surface area (Å²) in [5.41, 5.74) is 2.94. The number of carbonyl (C=O) groups excluding carboxylic acids is 1. The first-order valence-corrected chi connectivity index (χ1v) is 8.04. The van der Waals surface area contributed by atoms with E-state index >= 15 is 0 Å². The lowest BCUT2D eigenvalue weighted by Gasteiger charge is -2.13. The fraction of sp³-hybridized carbons (Fsp3) is 0.263. The van der Waals surface area contributed by atoms with Crippen molar-refractivity contribution in [3.63, 3.8) is 0 Å². The van der Waals surface area contributed by atoms with Crippen LogP contribution >= 0.6 is 0 Å². The standard InChI is InChI=1S/C19H24N4O2/c1-14(24)23-17-8-4-6-15(10-17)12-21-19(20-2)22-13-16-7-5-9-18(11-16)25-3/h4-11H,12-13H2,1-3H3,(H,23,24)(H2,20,21,22). The minimum atomic E-state index is -0.0825. The zero-order chi connectivity index (χ0) is 18.1. The Morgan fingerprint density at radius 1 is 1.04 bits per heavy atom. The van der Waals surface area contributed by atoms with Crippen LogP contribution < -0.4 is 20.7 Å². The van der Waals surface area contributed by atoms with E-state index in [4.69, 9.17) is 4.74 Å². The number of anilines is 1. The van der Waals surface area contributed by atoms with E-state index in [2.05, 4.69) is 20.9 Å². The molecule has 0 aliphatic rings. The van der Waals surface area contributed by atoms with E-state index in [1.165, 1.54) is 6.92 Å². The highest BCUT2D eigenvalue weighted by molar-refractivity contribution is 5.88. The van der Waals surface area contributed by atoms with Gasteiger partial charge < -0.3 is 20.7 Å². The highest BCUT2D eigenvalue weighted by atomic mass is 16.5. The number of nitrogens with zero attached hydrogens (tertiary/aromatic N) is 1. The molecule has 0 aliphatic heterocycles. The van der Waals surface area contributed by atoms with Gasteiger partial charge in [0.1, 0.15) is 5.75 Å². The van der Waals surface area contributed by atoms with E-state index in [9.17, 15) is 4.79 Å². The molecular formula is C19H24N4O2. The molecule has 0 atom stereocenters. The largest absolute Gasteiger partial charge is 0.497 e. The van der Waals surface area contributed by atoms with E-state index in [0.29, 0.717) is 19.0 Å². The molecule has 0 radical (unpaired) electrons. The zero-order valence-corrected chi connectivity index (χ0v) is 14.8. The molecule has 0 fully saturated rings. The molecule has 6 nitrogen and oxygen atoms in total. The Morgan fingerprint density at radius 3 is 2.28 bits per heavy atom. The third-order valence-electron chi connectivity index (χ3n) is 3.53. The third-order valence-corrected chi connectivity index (χ3v) is 3.53. The molecule has 25 heavy (non-hydrogen) atoms. The van der Waals surface area contributed by atoms with Crippen molar-refractivity contribution in [3.05, 3.63) is 59.7 Å². The summed E-state index contributed by atoms with van der Waals surface area (Å²) >= 11 is 0. The summed E-state index contributed by atoms with van der Waals surface area (Å²) in [5.74, 6) is 1.45. The lowest BCUT2D eigenvalue weighted by atomic mass is 10.2. The van der Waals surface area contributed by atoms with Gasteiger partial charge in [-0.3, -0.25) is 9.79 Å². The average Bonchev–Trinajstić information content (AvgIpc) is 2.62. The molecule has 0 bridgehead atoms. The second kappa shape index (κ2) is 9.32. The lowest BCUT2D eigenvalue weighted by molar-refractivity contribution is -0.114. The molecule has 2 aromatic rings. The topological polar surface area (TPSA) is 74.8 Å². The number of benzene rings is 2. The van der Waals surface area contributed by atoms with Gasteiger partial charge in [0.15, 0.2) is 5.96 Å². The normalized spacial score (nSPS) is 10.9. The fourth-order valence-electron chi connectivity index (χ4n) is 2.34. The van der Waals surface area contributed by atoms with Crippen molar-refractivity contribution < 1.29 is 9.53 Å². The molecule has 0 heterocycles. The Kier molecular flexibility index (Phi) is 6.83. The highest BCUT2D eigenvalue weighted by Gasteiger charge is 2.02. The molecule has 0 aliphatic carbocycles. The van der Waals surface area contributed by atoms with Gasteiger partial charge in [-0.15, -0.1) is 0 Å². The second-order valence-electron chi connectivity index (χ2n) is 5.51. The van der Waals surface area contributed by atoms with Gasteiger partial charge in [0.2, 0.25) is 5.91 Å². The number of carbonyl (C=O) groups is 1. The fourth-order valence-corrected chi connectivity index (χ4v) is 2.34. The first kappa shape index (κ1) is 18.3. The highest BCUT2D eigenvalue weighted by Crippen LogP contribution is 2.12. The third kappa shape index (κ3) is 6.18. The van der Waals surface area contributed by atoms with Gasteiger partial charge in [-0.1, -0.05) is 24.3 Å². The van der Waals surface area contributed by atoms with Crippen LogP contribution in [0, 0.1) is 0 Å². The molecule has 3 N–H and O–H groups in total. The van der Waals surface area contributed by atoms with E-state index in [1.807, 2.05) is 48.5 Å². The molecule has 0 saturated carbocycles. The lowest BCUT2D eigenvalue weighted by Crippen LogP contribution is -2.36. The second-order valence-corrected chi connectivity index (χ2v) is 5.51. The van der Waals surface area contributed by atoms with Crippen LogP contribution in [0.5, 0.6) is 5.75 Å². The summed E-state index contributed by atoms with van der Waals surface area (Å²) in [6, 6.07) is 15.6. The molecule has 6 heteroatoms. The SMILES string of the molecule is CN=C(NCc1cccc(NC(C)=O)c1)NCc1cccc(OC)c1. The summed E-state index contributed by atoms with van der Waals surface area (Å²) in [6.45, 7) is 2.74.